The predicted molar refractivity (Wildman–Crippen MR) is 135 cm³/mol. The van der Waals surface area contributed by atoms with Crippen LogP contribution in [0.4, 0.5) is 5.69 Å². The molecule has 178 valence electrons. The first-order valence-electron chi connectivity index (χ1n) is 10.8. The van der Waals surface area contributed by atoms with Crippen LogP contribution in [0.25, 0.3) is 5.57 Å². The Morgan fingerprint density at radius 1 is 1.06 bits per heavy atom. The Hall–Kier alpha value is -3.09. The number of carboxylic acids is 1. The molecular weight excluding hydrogens is 475 g/mol. The summed E-state index contributed by atoms with van der Waals surface area (Å²) < 4.78 is 0. The van der Waals surface area contributed by atoms with Crippen LogP contribution in [0, 0.1) is 11.8 Å². The highest BCUT2D eigenvalue weighted by atomic mass is 35.5. The molecule has 3 rings (SSSR count). The van der Waals surface area contributed by atoms with Gasteiger partial charge < -0.3 is 15.3 Å². The van der Waals surface area contributed by atoms with Crippen LogP contribution in [-0.4, -0.2) is 40.9 Å². The maximum atomic E-state index is 12.8. The van der Waals surface area contributed by atoms with Crippen molar-refractivity contribution in [3.8, 4) is 0 Å². The van der Waals surface area contributed by atoms with Gasteiger partial charge in [0.25, 0.3) is 5.91 Å². The SMILES string of the molecule is CC(C)[C@@H](C(=O)O)N(C)C(=O)C1C=CC(c2ccc(NC(=O)c3ccc(Cl)c(Cl)c3)cc2)=CC1. The van der Waals surface area contributed by atoms with Gasteiger partial charge in [-0.25, -0.2) is 4.79 Å². The number of rotatable bonds is 7. The summed E-state index contributed by atoms with van der Waals surface area (Å²) in [4.78, 5) is 38.1. The predicted octanol–water partition coefficient (Wildman–Crippen LogP) is 5.77. The van der Waals surface area contributed by atoms with Crippen LogP contribution in [0.3, 0.4) is 0 Å². The van der Waals surface area contributed by atoms with Crippen LogP contribution in [0.15, 0.2) is 60.7 Å². The van der Waals surface area contributed by atoms with E-state index in [9.17, 15) is 19.5 Å². The van der Waals surface area contributed by atoms with E-state index in [-0.39, 0.29) is 17.7 Å². The second-order valence-corrected chi connectivity index (χ2v) is 9.31. The van der Waals surface area contributed by atoms with Gasteiger partial charge in [0.05, 0.1) is 16.0 Å². The summed E-state index contributed by atoms with van der Waals surface area (Å²) >= 11 is 11.9. The van der Waals surface area contributed by atoms with E-state index in [0.29, 0.717) is 27.7 Å². The van der Waals surface area contributed by atoms with Crippen LogP contribution >= 0.6 is 23.2 Å². The largest absolute Gasteiger partial charge is 0.480 e. The van der Waals surface area contributed by atoms with Gasteiger partial charge in [0.1, 0.15) is 6.04 Å². The molecule has 0 radical (unpaired) electrons. The van der Waals surface area contributed by atoms with Gasteiger partial charge in [0, 0.05) is 18.3 Å². The first-order valence-corrected chi connectivity index (χ1v) is 11.6. The van der Waals surface area contributed by atoms with Gasteiger partial charge in [-0.1, -0.05) is 67.4 Å². The third kappa shape index (κ3) is 5.88. The quantitative estimate of drug-likeness (QED) is 0.504. The number of carbonyl (C=O) groups excluding carboxylic acids is 2. The highest BCUT2D eigenvalue weighted by Gasteiger charge is 2.32. The van der Waals surface area contributed by atoms with Crippen molar-refractivity contribution in [3.63, 3.8) is 0 Å². The van der Waals surface area contributed by atoms with Crippen LogP contribution in [0.5, 0.6) is 0 Å². The van der Waals surface area contributed by atoms with E-state index in [2.05, 4.69) is 5.32 Å². The molecule has 0 saturated heterocycles. The average Bonchev–Trinajstić information content (AvgIpc) is 2.80. The van der Waals surface area contributed by atoms with Crippen molar-refractivity contribution in [2.24, 2.45) is 11.8 Å². The normalized spacial score (nSPS) is 16.1. The molecule has 0 saturated carbocycles. The first-order chi connectivity index (χ1) is 16.1. The van der Waals surface area contributed by atoms with E-state index in [4.69, 9.17) is 23.2 Å². The molecule has 2 aromatic rings. The molecular formula is C26H26Cl2N2O4. The first kappa shape index (κ1) is 25.5. The number of amides is 2. The summed E-state index contributed by atoms with van der Waals surface area (Å²) in [5.74, 6) is -2.12. The lowest BCUT2D eigenvalue weighted by atomic mass is 9.91. The molecule has 6 nitrogen and oxygen atoms in total. The summed E-state index contributed by atoms with van der Waals surface area (Å²) in [5.41, 5.74) is 2.92. The molecule has 8 heteroatoms. The fourth-order valence-electron chi connectivity index (χ4n) is 3.90. The number of nitrogens with zero attached hydrogens (tertiary/aromatic N) is 1. The molecule has 1 unspecified atom stereocenters. The second-order valence-electron chi connectivity index (χ2n) is 8.50. The fourth-order valence-corrected chi connectivity index (χ4v) is 4.20. The number of anilines is 1. The number of carboxylic acid groups (broad SMARTS) is 1. The summed E-state index contributed by atoms with van der Waals surface area (Å²) in [5, 5.41) is 13.0. The number of aliphatic carboxylic acids is 1. The third-order valence-electron chi connectivity index (χ3n) is 5.72. The van der Waals surface area contributed by atoms with Gasteiger partial charge in [-0.3, -0.25) is 9.59 Å². The van der Waals surface area contributed by atoms with Crippen molar-refractivity contribution in [1.29, 1.82) is 0 Å². The Kier molecular flexibility index (Phi) is 8.18. The minimum atomic E-state index is -1.01. The molecule has 2 amide bonds. The maximum Gasteiger partial charge on any atom is 0.326 e. The Morgan fingerprint density at radius 3 is 2.26 bits per heavy atom. The molecule has 0 heterocycles. The van der Waals surface area contributed by atoms with Crippen LogP contribution in [-0.2, 0) is 9.59 Å². The Morgan fingerprint density at radius 2 is 1.74 bits per heavy atom. The zero-order valence-corrected chi connectivity index (χ0v) is 20.6. The summed E-state index contributed by atoms with van der Waals surface area (Å²) in [7, 11) is 1.54. The molecule has 0 bridgehead atoms. The third-order valence-corrected chi connectivity index (χ3v) is 6.46. The minimum Gasteiger partial charge on any atom is -0.480 e. The van der Waals surface area contributed by atoms with E-state index in [1.54, 1.807) is 45.2 Å². The lowest BCUT2D eigenvalue weighted by Gasteiger charge is -2.30. The Labute approximate surface area is 208 Å². The van der Waals surface area contributed by atoms with Crippen molar-refractivity contribution in [2.75, 3.05) is 12.4 Å². The standard InChI is InChI=1S/C26H26Cl2N2O4/c1-15(2)23(26(33)34)30(3)25(32)18-6-4-16(5-7-18)17-8-11-20(12-9-17)29-24(31)19-10-13-21(27)22(28)14-19/h4-6,8-15,18,23H,7H2,1-3H3,(H,29,31)(H,33,34)/t18?,23-/m0/s1. The second kappa shape index (κ2) is 10.9. The van der Waals surface area contributed by atoms with Crippen molar-refractivity contribution in [1.82, 2.24) is 4.90 Å². The number of allylic oxidation sites excluding steroid dienone is 3. The fraction of sp³-hybridized carbons (Fsp3) is 0.269. The van der Waals surface area contributed by atoms with E-state index >= 15 is 0 Å². The molecule has 2 aromatic carbocycles. The number of benzene rings is 2. The summed E-state index contributed by atoms with van der Waals surface area (Å²) in [6.07, 6.45) is 6.13. The van der Waals surface area contributed by atoms with Crippen LogP contribution in [0.1, 0.15) is 36.2 Å². The number of hydrogen-bond donors (Lipinski definition) is 2. The summed E-state index contributed by atoms with van der Waals surface area (Å²) in [6, 6.07) is 11.2. The molecule has 0 aliphatic heterocycles. The van der Waals surface area contributed by atoms with Gasteiger partial charge in [-0.05, 0) is 53.8 Å². The Bertz CT molecular complexity index is 1160. The van der Waals surface area contributed by atoms with Crippen molar-refractivity contribution in [3.05, 3.63) is 81.9 Å². The van der Waals surface area contributed by atoms with E-state index < -0.39 is 17.9 Å². The van der Waals surface area contributed by atoms with E-state index in [1.165, 1.54) is 11.0 Å². The maximum absolute atomic E-state index is 12.8. The van der Waals surface area contributed by atoms with Crippen molar-refractivity contribution >= 4 is 52.2 Å². The highest BCUT2D eigenvalue weighted by molar-refractivity contribution is 6.42. The monoisotopic (exact) mass is 500 g/mol. The van der Waals surface area contributed by atoms with Gasteiger partial charge >= 0.3 is 5.97 Å². The van der Waals surface area contributed by atoms with Gasteiger partial charge in [0.2, 0.25) is 5.91 Å². The minimum absolute atomic E-state index is 0.194. The molecule has 0 fully saturated rings. The highest BCUT2D eigenvalue weighted by Crippen LogP contribution is 2.28. The number of nitrogens with one attached hydrogen (secondary N) is 1. The molecule has 2 N–H and O–H groups in total. The van der Waals surface area contributed by atoms with Crippen LogP contribution in [0.2, 0.25) is 10.0 Å². The molecule has 0 aromatic heterocycles. The van der Waals surface area contributed by atoms with Gasteiger partial charge in [0.15, 0.2) is 0 Å². The van der Waals surface area contributed by atoms with Gasteiger partial charge in [-0.2, -0.15) is 0 Å². The molecule has 0 spiro atoms. The van der Waals surface area contributed by atoms with Gasteiger partial charge in [-0.15, -0.1) is 0 Å². The van der Waals surface area contributed by atoms with Crippen molar-refractivity contribution in [2.45, 2.75) is 26.3 Å². The molecule has 1 aliphatic carbocycles. The van der Waals surface area contributed by atoms with E-state index in [0.717, 1.165) is 11.1 Å². The molecule has 34 heavy (non-hydrogen) atoms. The Balaban J connectivity index is 1.63. The average molecular weight is 501 g/mol. The number of likely N-dealkylation sites (N-methyl/N-ethyl adjacent to an activating group) is 1. The van der Waals surface area contributed by atoms with Crippen molar-refractivity contribution < 1.29 is 19.5 Å². The van der Waals surface area contributed by atoms with Crippen LogP contribution < -0.4 is 5.32 Å². The zero-order chi connectivity index (χ0) is 25.0. The lowest BCUT2D eigenvalue weighted by Crippen LogP contribution is -2.47. The number of hydrogen-bond acceptors (Lipinski definition) is 3. The molecule has 1 aliphatic rings. The summed E-state index contributed by atoms with van der Waals surface area (Å²) in [6.45, 7) is 3.57. The number of carbonyl (C=O) groups is 3. The van der Waals surface area contributed by atoms with E-state index in [1.807, 2.05) is 30.4 Å². The molecule has 2 atom stereocenters. The lowest BCUT2D eigenvalue weighted by molar-refractivity contribution is -0.152. The topological polar surface area (TPSA) is 86.7 Å². The zero-order valence-electron chi connectivity index (χ0n) is 19.1. The smallest absolute Gasteiger partial charge is 0.326 e. The number of halogens is 2.